The number of alkyl halides is 3. The van der Waals surface area contributed by atoms with Crippen LogP contribution in [0.5, 0.6) is 0 Å². The van der Waals surface area contributed by atoms with Crippen LogP contribution in [-0.4, -0.2) is 56.7 Å². The second-order valence-corrected chi connectivity index (χ2v) is 13.6. The van der Waals surface area contributed by atoms with Crippen molar-refractivity contribution in [3.8, 4) is 11.1 Å². The lowest BCUT2D eigenvalue weighted by molar-refractivity contribution is -0.276. The van der Waals surface area contributed by atoms with E-state index in [-0.39, 0.29) is 43.9 Å². The summed E-state index contributed by atoms with van der Waals surface area (Å²) in [6.07, 6.45) is 1.18. The van der Waals surface area contributed by atoms with Crippen LogP contribution < -0.4 is 5.32 Å². The van der Waals surface area contributed by atoms with E-state index in [1.165, 1.54) is 0 Å². The molecule has 5 atom stereocenters. The highest BCUT2D eigenvalue weighted by molar-refractivity contribution is 6.76. The van der Waals surface area contributed by atoms with Crippen molar-refractivity contribution in [2.75, 3.05) is 19.7 Å². The van der Waals surface area contributed by atoms with Gasteiger partial charge in [0.05, 0.1) is 25.4 Å². The minimum atomic E-state index is -2.01. The summed E-state index contributed by atoms with van der Waals surface area (Å²) in [6, 6.07) is 23.9. The van der Waals surface area contributed by atoms with E-state index in [0.29, 0.717) is 0 Å². The lowest BCUT2D eigenvalue weighted by Gasteiger charge is -2.43. The van der Waals surface area contributed by atoms with E-state index >= 15 is 0 Å². The van der Waals surface area contributed by atoms with Crippen molar-refractivity contribution >= 4 is 40.7 Å². The van der Waals surface area contributed by atoms with E-state index in [9.17, 15) is 15.0 Å². The van der Waals surface area contributed by atoms with Crippen LogP contribution in [0.25, 0.3) is 11.1 Å². The number of ether oxygens (including phenoxy) is 2. The first-order chi connectivity index (χ1) is 20.7. The van der Waals surface area contributed by atoms with Gasteiger partial charge in [-0.2, -0.15) is 0 Å². The standard InChI is InChI=1S/C33H37Cl3N2O5/c1-21-29(18-38-15-3-6-28(38)20-40)42-31(43-30(21)25-9-7-22(19-39)8-10-25)26-13-11-24(12-14-26)27-5-2-4-23(16-27)17-37-32(41)33(34,35)36/h2,4-5,7-14,16,21,28-31,39-40H,3,6,15,17-20H2,1H3,(H,37,41). The zero-order valence-electron chi connectivity index (χ0n) is 24.0. The predicted octanol–water partition coefficient (Wildman–Crippen LogP) is 6.08. The molecule has 2 saturated heterocycles. The molecule has 43 heavy (non-hydrogen) atoms. The van der Waals surface area contributed by atoms with Crippen LogP contribution >= 0.6 is 34.8 Å². The summed E-state index contributed by atoms with van der Waals surface area (Å²) in [5, 5.41) is 22.1. The van der Waals surface area contributed by atoms with Crippen LogP contribution in [0.15, 0.2) is 72.8 Å². The monoisotopic (exact) mass is 646 g/mol. The number of carbonyl (C=O) groups excluding carboxylic acids is 1. The van der Waals surface area contributed by atoms with Crippen molar-refractivity contribution in [1.82, 2.24) is 10.2 Å². The van der Waals surface area contributed by atoms with E-state index in [1.54, 1.807) is 0 Å². The van der Waals surface area contributed by atoms with Crippen molar-refractivity contribution in [3.63, 3.8) is 0 Å². The third-order valence-corrected chi connectivity index (χ3v) is 8.92. The lowest BCUT2D eigenvalue weighted by Crippen LogP contribution is -2.46. The Bertz CT molecular complexity index is 1370. The Balaban J connectivity index is 1.35. The first-order valence-electron chi connectivity index (χ1n) is 14.6. The Hall–Kier alpha value is -2.20. The minimum Gasteiger partial charge on any atom is -0.395 e. The fraction of sp³-hybridized carbons (Fsp3) is 0.424. The van der Waals surface area contributed by atoms with E-state index in [2.05, 4.69) is 17.1 Å². The van der Waals surface area contributed by atoms with Gasteiger partial charge >= 0.3 is 0 Å². The maximum absolute atomic E-state index is 11.9. The number of aliphatic hydroxyl groups is 2. The highest BCUT2D eigenvalue weighted by atomic mass is 35.6. The van der Waals surface area contributed by atoms with Crippen LogP contribution in [-0.2, 0) is 27.4 Å². The number of halogens is 3. The van der Waals surface area contributed by atoms with Crippen LogP contribution in [0.3, 0.4) is 0 Å². The van der Waals surface area contributed by atoms with Gasteiger partial charge in [0.15, 0.2) is 6.29 Å². The summed E-state index contributed by atoms with van der Waals surface area (Å²) >= 11 is 17.0. The zero-order chi connectivity index (χ0) is 30.6. The Morgan fingerprint density at radius 3 is 2.35 bits per heavy atom. The number of hydrogen-bond donors (Lipinski definition) is 3. The first kappa shape index (κ1) is 32.2. The molecule has 5 unspecified atom stereocenters. The minimum absolute atomic E-state index is 0.00786. The van der Waals surface area contributed by atoms with Gasteiger partial charge in [0.25, 0.3) is 9.70 Å². The third-order valence-electron chi connectivity index (χ3n) is 8.40. The Morgan fingerprint density at radius 1 is 0.953 bits per heavy atom. The molecule has 1 amide bonds. The number of benzene rings is 3. The van der Waals surface area contributed by atoms with Gasteiger partial charge in [-0.25, -0.2) is 0 Å². The largest absolute Gasteiger partial charge is 0.395 e. The van der Waals surface area contributed by atoms with Crippen molar-refractivity contribution in [2.45, 2.75) is 61.2 Å². The van der Waals surface area contributed by atoms with Gasteiger partial charge in [0, 0.05) is 30.6 Å². The van der Waals surface area contributed by atoms with Crippen LogP contribution in [0.1, 0.15) is 54.4 Å². The molecule has 230 valence electrons. The van der Waals surface area contributed by atoms with E-state index < -0.39 is 16.0 Å². The number of nitrogens with zero attached hydrogens (tertiary/aromatic N) is 1. The topological polar surface area (TPSA) is 91.3 Å². The van der Waals surface area contributed by atoms with E-state index in [1.807, 2.05) is 72.8 Å². The Morgan fingerprint density at radius 2 is 1.67 bits per heavy atom. The number of hydrogen-bond acceptors (Lipinski definition) is 6. The maximum Gasteiger partial charge on any atom is 0.272 e. The fourth-order valence-corrected chi connectivity index (χ4v) is 6.08. The number of carbonyl (C=O) groups is 1. The molecule has 2 heterocycles. The Labute approximate surface area is 267 Å². The molecule has 3 N–H and O–H groups in total. The molecule has 2 aliphatic heterocycles. The molecule has 3 aromatic rings. The first-order valence-corrected chi connectivity index (χ1v) is 15.7. The molecule has 0 saturated carbocycles. The molecular weight excluding hydrogens is 611 g/mol. The molecule has 0 aliphatic carbocycles. The van der Waals surface area contributed by atoms with Crippen LogP contribution in [0, 0.1) is 5.92 Å². The number of nitrogens with one attached hydrogen (secondary N) is 1. The van der Waals surface area contributed by atoms with Crippen LogP contribution in [0.4, 0.5) is 0 Å². The zero-order valence-corrected chi connectivity index (χ0v) is 26.2. The summed E-state index contributed by atoms with van der Waals surface area (Å²) in [4.78, 5) is 14.3. The molecule has 0 spiro atoms. The number of aliphatic hydroxyl groups excluding tert-OH is 2. The predicted molar refractivity (Wildman–Crippen MR) is 169 cm³/mol. The SMILES string of the molecule is CC1C(CN2CCCC2CO)OC(c2ccc(-c3cccc(CNC(=O)C(Cl)(Cl)Cl)c3)cc2)OC1c1ccc(CO)cc1. The summed E-state index contributed by atoms with van der Waals surface area (Å²) < 4.78 is 11.2. The number of likely N-dealkylation sites (tertiary alicyclic amines) is 1. The molecule has 2 aliphatic rings. The van der Waals surface area contributed by atoms with Crippen molar-refractivity contribution in [2.24, 2.45) is 5.92 Å². The molecule has 0 aromatic heterocycles. The van der Waals surface area contributed by atoms with Gasteiger partial charge in [0.1, 0.15) is 0 Å². The van der Waals surface area contributed by atoms with Crippen molar-refractivity contribution in [1.29, 1.82) is 0 Å². The van der Waals surface area contributed by atoms with Gasteiger partial charge in [-0.3, -0.25) is 9.69 Å². The average Bonchev–Trinajstić information content (AvgIpc) is 3.48. The highest BCUT2D eigenvalue weighted by Gasteiger charge is 2.40. The molecule has 5 rings (SSSR count). The highest BCUT2D eigenvalue weighted by Crippen LogP contribution is 2.42. The summed E-state index contributed by atoms with van der Waals surface area (Å²) in [7, 11) is 0. The number of amides is 1. The van der Waals surface area contributed by atoms with Crippen LogP contribution in [0.2, 0.25) is 0 Å². The molecule has 3 aromatic carbocycles. The van der Waals surface area contributed by atoms with E-state index in [4.69, 9.17) is 44.3 Å². The summed E-state index contributed by atoms with van der Waals surface area (Å²) in [6.45, 7) is 4.19. The molecule has 10 heteroatoms. The average molecular weight is 648 g/mol. The molecule has 0 bridgehead atoms. The quantitative estimate of drug-likeness (QED) is 0.244. The summed E-state index contributed by atoms with van der Waals surface area (Å²) in [5.41, 5.74) is 5.65. The number of rotatable bonds is 9. The van der Waals surface area contributed by atoms with Gasteiger partial charge < -0.3 is 25.0 Å². The van der Waals surface area contributed by atoms with Gasteiger partial charge in [-0.1, -0.05) is 108 Å². The summed E-state index contributed by atoms with van der Waals surface area (Å²) in [5.74, 6) is -0.605. The van der Waals surface area contributed by atoms with Gasteiger partial charge in [-0.05, 0) is 53.3 Å². The molecule has 7 nitrogen and oxygen atoms in total. The fourth-order valence-electron chi connectivity index (χ4n) is 5.88. The normalized spacial score (nSPS) is 24.7. The third kappa shape index (κ3) is 7.91. The van der Waals surface area contributed by atoms with Crippen molar-refractivity contribution in [3.05, 3.63) is 95.1 Å². The lowest BCUT2D eigenvalue weighted by atomic mass is 9.89. The van der Waals surface area contributed by atoms with Crippen molar-refractivity contribution < 1.29 is 24.5 Å². The van der Waals surface area contributed by atoms with Gasteiger partial charge in [-0.15, -0.1) is 0 Å². The molecule has 0 radical (unpaired) electrons. The Kier molecular flexibility index (Phi) is 10.7. The van der Waals surface area contributed by atoms with Gasteiger partial charge in [0.2, 0.25) is 0 Å². The maximum atomic E-state index is 11.9. The van der Waals surface area contributed by atoms with E-state index in [0.717, 1.165) is 59.3 Å². The smallest absolute Gasteiger partial charge is 0.272 e. The molecule has 2 fully saturated rings. The second-order valence-electron chi connectivity index (χ2n) is 11.3. The molecular formula is C33H37Cl3N2O5. The second kappa shape index (κ2) is 14.3.